The molecular weight excluding hydrogens is 317 g/mol. The molecule has 1 fully saturated rings. The van der Waals surface area contributed by atoms with Crippen molar-refractivity contribution in [2.75, 3.05) is 33.4 Å². The smallest absolute Gasteiger partial charge is 0.335 e. The summed E-state index contributed by atoms with van der Waals surface area (Å²) in [7, 11) is 1.65. The van der Waals surface area contributed by atoms with Crippen LogP contribution in [0.25, 0.3) is 0 Å². The summed E-state index contributed by atoms with van der Waals surface area (Å²) in [5, 5.41) is 8.84. The zero-order chi connectivity index (χ0) is 17.5. The monoisotopic (exact) mass is 339 g/mol. The maximum absolute atomic E-state index is 14.0. The second kappa shape index (κ2) is 8.75. The Morgan fingerprint density at radius 1 is 1.29 bits per heavy atom. The number of carboxylic acids is 1. The highest BCUT2D eigenvalue weighted by Gasteiger charge is 2.26. The Balaban J connectivity index is 1.87. The number of halogens is 1. The highest BCUT2D eigenvalue weighted by atomic mass is 19.1. The minimum absolute atomic E-state index is 0.0977. The normalized spacial score (nSPS) is 15.5. The SMILES string of the molecule is COCCCOC1CCN(C(=O)c2ccc(C(=O)O)cc2F)CC1. The Bertz CT molecular complexity index is 584. The number of hydrogen-bond acceptors (Lipinski definition) is 4. The molecule has 0 spiro atoms. The van der Waals surface area contributed by atoms with Gasteiger partial charge in [-0.05, 0) is 37.5 Å². The molecule has 6 nitrogen and oxygen atoms in total. The number of aromatic carboxylic acids is 1. The summed E-state index contributed by atoms with van der Waals surface area (Å²) >= 11 is 0. The van der Waals surface area contributed by atoms with Crippen molar-refractivity contribution in [1.29, 1.82) is 0 Å². The van der Waals surface area contributed by atoms with Gasteiger partial charge in [0.1, 0.15) is 5.82 Å². The van der Waals surface area contributed by atoms with Crippen LogP contribution in [-0.4, -0.2) is 61.4 Å². The fourth-order valence-electron chi connectivity index (χ4n) is 2.67. The number of benzene rings is 1. The summed E-state index contributed by atoms with van der Waals surface area (Å²) < 4.78 is 24.7. The first-order chi connectivity index (χ1) is 11.5. The van der Waals surface area contributed by atoms with Gasteiger partial charge in [-0.1, -0.05) is 0 Å². The van der Waals surface area contributed by atoms with Crippen molar-refractivity contribution in [3.05, 3.63) is 35.1 Å². The number of piperidine rings is 1. The van der Waals surface area contributed by atoms with Crippen molar-refractivity contribution in [2.24, 2.45) is 0 Å². The summed E-state index contributed by atoms with van der Waals surface area (Å²) in [6.45, 7) is 2.27. The van der Waals surface area contributed by atoms with Gasteiger partial charge in [0.25, 0.3) is 5.91 Å². The quantitative estimate of drug-likeness (QED) is 0.771. The molecule has 0 saturated carbocycles. The summed E-state index contributed by atoms with van der Waals surface area (Å²) in [6.07, 6.45) is 2.34. The van der Waals surface area contributed by atoms with Crippen molar-refractivity contribution < 1.29 is 28.6 Å². The van der Waals surface area contributed by atoms with Crippen molar-refractivity contribution in [3.63, 3.8) is 0 Å². The zero-order valence-electron chi connectivity index (χ0n) is 13.7. The summed E-state index contributed by atoms with van der Waals surface area (Å²) in [5.74, 6) is -2.44. The molecule has 24 heavy (non-hydrogen) atoms. The Hall–Kier alpha value is -1.99. The average molecular weight is 339 g/mol. The van der Waals surface area contributed by atoms with Gasteiger partial charge in [-0.15, -0.1) is 0 Å². The molecule has 1 aliphatic rings. The molecule has 0 unspecified atom stereocenters. The number of carbonyl (C=O) groups is 2. The van der Waals surface area contributed by atoms with Gasteiger partial charge in [-0.25, -0.2) is 9.18 Å². The standard InChI is InChI=1S/C17H22FNO5/c1-23-9-2-10-24-13-5-7-19(8-6-13)16(20)14-4-3-12(17(21)22)11-15(14)18/h3-4,11,13H,2,5-10H2,1H3,(H,21,22). The molecule has 1 aromatic rings. The van der Waals surface area contributed by atoms with Gasteiger partial charge in [0.15, 0.2) is 0 Å². The lowest BCUT2D eigenvalue weighted by molar-refractivity contribution is 0.00179. The van der Waals surface area contributed by atoms with Crippen LogP contribution in [0, 0.1) is 5.82 Å². The molecule has 7 heteroatoms. The van der Waals surface area contributed by atoms with Crippen LogP contribution in [0.5, 0.6) is 0 Å². The van der Waals surface area contributed by atoms with Crippen LogP contribution in [-0.2, 0) is 9.47 Å². The number of nitrogens with zero attached hydrogens (tertiary/aromatic N) is 1. The number of carboxylic acid groups (broad SMARTS) is 1. The third-order valence-electron chi connectivity index (χ3n) is 4.02. The average Bonchev–Trinajstić information content (AvgIpc) is 2.58. The molecule has 1 aliphatic heterocycles. The lowest BCUT2D eigenvalue weighted by Gasteiger charge is -2.32. The Morgan fingerprint density at radius 2 is 2.00 bits per heavy atom. The first-order valence-electron chi connectivity index (χ1n) is 7.95. The highest BCUT2D eigenvalue weighted by molar-refractivity contribution is 5.96. The van der Waals surface area contributed by atoms with E-state index in [9.17, 15) is 14.0 Å². The van der Waals surface area contributed by atoms with Crippen LogP contribution in [0.15, 0.2) is 18.2 Å². The summed E-state index contributed by atoms with van der Waals surface area (Å²) in [5.41, 5.74) is -0.272. The molecule has 0 atom stereocenters. The minimum Gasteiger partial charge on any atom is -0.478 e. The Kier molecular flexibility index (Phi) is 6.69. The van der Waals surface area contributed by atoms with Crippen molar-refractivity contribution in [3.8, 4) is 0 Å². The number of hydrogen-bond donors (Lipinski definition) is 1. The maximum Gasteiger partial charge on any atom is 0.335 e. The Labute approximate surface area is 140 Å². The van der Waals surface area contributed by atoms with E-state index in [0.717, 1.165) is 12.5 Å². The van der Waals surface area contributed by atoms with Crippen molar-refractivity contribution in [2.45, 2.75) is 25.4 Å². The molecule has 2 rings (SSSR count). The third kappa shape index (κ3) is 4.75. The van der Waals surface area contributed by atoms with Gasteiger partial charge in [0.05, 0.1) is 17.2 Å². The fraction of sp³-hybridized carbons (Fsp3) is 0.529. The molecular formula is C17H22FNO5. The molecule has 0 bridgehead atoms. The third-order valence-corrected chi connectivity index (χ3v) is 4.02. The van der Waals surface area contributed by atoms with Gasteiger partial charge in [0.2, 0.25) is 0 Å². The lowest BCUT2D eigenvalue weighted by Crippen LogP contribution is -2.41. The van der Waals surface area contributed by atoms with Gasteiger partial charge >= 0.3 is 5.97 Å². The molecule has 1 saturated heterocycles. The van der Waals surface area contributed by atoms with Crippen LogP contribution in [0.4, 0.5) is 4.39 Å². The highest BCUT2D eigenvalue weighted by Crippen LogP contribution is 2.19. The predicted octanol–water partition coefficient (Wildman–Crippen LogP) is 2.18. The van der Waals surface area contributed by atoms with E-state index in [0.29, 0.717) is 39.1 Å². The molecule has 1 amide bonds. The van der Waals surface area contributed by atoms with E-state index >= 15 is 0 Å². The molecule has 132 valence electrons. The van der Waals surface area contributed by atoms with Gasteiger partial charge in [-0.2, -0.15) is 0 Å². The number of ether oxygens (including phenoxy) is 2. The molecule has 0 aromatic heterocycles. The fourth-order valence-corrected chi connectivity index (χ4v) is 2.67. The summed E-state index contributed by atoms with van der Waals surface area (Å²) in [4.78, 5) is 24.8. The number of methoxy groups -OCH3 is 1. The van der Waals surface area contributed by atoms with Gasteiger partial charge in [-0.3, -0.25) is 4.79 Å². The number of amides is 1. The van der Waals surface area contributed by atoms with Crippen LogP contribution in [0.1, 0.15) is 40.0 Å². The molecule has 1 N–H and O–H groups in total. The second-order valence-corrected chi connectivity index (χ2v) is 5.71. The molecule has 1 aromatic carbocycles. The van der Waals surface area contributed by atoms with E-state index < -0.39 is 17.7 Å². The van der Waals surface area contributed by atoms with E-state index in [1.807, 2.05) is 0 Å². The first-order valence-corrected chi connectivity index (χ1v) is 7.95. The van der Waals surface area contributed by atoms with Gasteiger partial charge < -0.3 is 19.5 Å². The number of likely N-dealkylation sites (tertiary alicyclic amines) is 1. The largest absolute Gasteiger partial charge is 0.478 e. The molecule has 0 radical (unpaired) electrons. The van der Waals surface area contributed by atoms with Crippen LogP contribution in [0.2, 0.25) is 0 Å². The topological polar surface area (TPSA) is 76.1 Å². The molecule has 1 heterocycles. The van der Waals surface area contributed by atoms with E-state index in [1.165, 1.54) is 12.1 Å². The minimum atomic E-state index is -1.22. The van der Waals surface area contributed by atoms with Crippen LogP contribution in [0.3, 0.4) is 0 Å². The van der Waals surface area contributed by atoms with Crippen LogP contribution < -0.4 is 0 Å². The second-order valence-electron chi connectivity index (χ2n) is 5.71. The van der Waals surface area contributed by atoms with Crippen LogP contribution >= 0.6 is 0 Å². The van der Waals surface area contributed by atoms with E-state index in [-0.39, 0.29) is 17.2 Å². The van der Waals surface area contributed by atoms with E-state index in [4.69, 9.17) is 14.6 Å². The zero-order valence-corrected chi connectivity index (χ0v) is 13.7. The number of rotatable bonds is 7. The maximum atomic E-state index is 14.0. The van der Waals surface area contributed by atoms with E-state index in [1.54, 1.807) is 12.0 Å². The lowest BCUT2D eigenvalue weighted by atomic mass is 10.0. The predicted molar refractivity (Wildman–Crippen MR) is 84.7 cm³/mol. The van der Waals surface area contributed by atoms with Gasteiger partial charge in [0, 0.05) is 33.4 Å². The Morgan fingerprint density at radius 3 is 2.58 bits per heavy atom. The molecule has 0 aliphatic carbocycles. The van der Waals surface area contributed by atoms with Crippen molar-refractivity contribution >= 4 is 11.9 Å². The first kappa shape index (κ1) is 18.4. The van der Waals surface area contributed by atoms with Crippen molar-refractivity contribution in [1.82, 2.24) is 4.90 Å². The van der Waals surface area contributed by atoms with E-state index in [2.05, 4.69) is 0 Å². The number of carbonyl (C=O) groups excluding carboxylic acids is 1. The summed E-state index contributed by atoms with van der Waals surface area (Å²) in [6, 6.07) is 3.35.